The van der Waals surface area contributed by atoms with Crippen LogP contribution in [0.3, 0.4) is 0 Å². The van der Waals surface area contributed by atoms with E-state index in [4.69, 9.17) is 11.3 Å². The molecule has 0 saturated carbocycles. The highest BCUT2D eigenvalue weighted by Crippen LogP contribution is 2.22. The minimum absolute atomic E-state index is 0.118. The van der Waals surface area contributed by atoms with Crippen molar-refractivity contribution in [3.05, 3.63) is 16.8 Å². The maximum Gasteiger partial charge on any atom is 0.177 e. The molecule has 3 N–H and O–H groups in total. The molecule has 0 aliphatic carbocycles. The maximum atomic E-state index is 8.21. The van der Waals surface area contributed by atoms with Crippen LogP contribution in [-0.2, 0) is 0 Å². The molecule has 8 heteroatoms. The molecule has 8 nitrogen and oxygen atoms in total. The van der Waals surface area contributed by atoms with E-state index in [9.17, 15) is 0 Å². The molecule has 2 aromatic heterocycles. The van der Waals surface area contributed by atoms with Crippen molar-refractivity contribution >= 4 is 22.7 Å². The van der Waals surface area contributed by atoms with Gasteiger partial charge in [-0.15, -0.1) is 10.2 Å². The molecule has 0 spiro atoms. The van der Waals surface area contributed by atoms with E-state index in [2.05, 4.69) is 30.2 Å². The van der Waals surface area contributed by atoms with Crippen LogP contribution >= 0.6 is 0 Å². The van der Waals surface area contributed by atoms with Crippen LogP contribution in [-0.4, -0.2) is 20.2 Å². The van der Waals surface area contributed by atoms with Crippen molar-refractivity contribution in [2.45, 2.75) is 0 Å². The number of azide groups is 1. The summed E-state index contributed by atoms with van der Waals surface area (Å²) < 4.78 is 0. The SMILES string of the molecule is [N-]=[N+]=Nc1nnc(N)c2[nH]cnc12. The second-order valence-electron chi connectivity index (χ2n) is 2.22. The predicted octanol–water partition coefficient (Wildman–Crippen LogP) is 0.877. The number of hydrogen-bond donors (Lipinski definition) is 2. The predicted molar refractivity (Wildman–Crippen MR) is 44.9 cm³/mol. The van der Waals surface area contributed by atoms with Gasteiger partial charge in [-0.25, -0.2) is 4.98 Å². The number of nitrogens with two attached hydrogens (primary N) is 1. The number of H-pyrrole nitrogens is 1. The van der Waals surface area contributed by atoms with Crippen LogP contribution in [0, 0.1) is 0 Å². The minimum Gasteiger partial charge on any atom is -0.380 e. The second-order valence-corrected chi connectivity index (χ2v) is 2.22. The highest BCUT2D eigenvalue weighted by molar-refractivity contribution is 5.90. The lowest BCUT2D eigenvalue weighted by Crippen LogP contribution is -1.94. The monoisotopic (exact) mass is 176 g/mol. The molecular weight excluding hydrogens is 172 g/mol. The van der Waals surface area contributed by atoms with Crippen LogP contribution in [0.25, 0.3) is 21.5 Å². The molecule has 2 aromatic rings. The summed E-state index contributed by atoms with van der Waals surface area (Å²) in [5, 5.41) is 10.5. The van der Waals surface area contributed by atoms with Crippen molar-refractivity contribution in [2.75, 3.05) is 5.73 Å². The Balaban J connectivity index is 2.85. The molecule has 0 bridgehead atoms. The maximum absolute atomic E-state index is 8.21. The number of nitrogens with one attached hydrogen (secondary N) is 1. The first-order valence-electron chi connectivity index (χ1n) is 3.33. The second kappa shape index (κ2) is 2.61. The van der Waals surface area contributed by atoms with Gasteiger partial charge in [-0.05, 0) is 10.6 Å². The molecule has 0 amide bonds. The fourth-order valence-corrected chi connectivity index (χ4v) is 0.967. The van der Waals surface area contributed by atoms with Gasteiger partial charge in [-0.2, -0.15) is 0 Å². The lowest BCUT2D eigenvalue weighted by Gasteiger charge is -1.94. The first-order valence-corrected chi connectivity index (χ1v) is 3.33. The van der Waals surface area contributed by atoms with Gasteiger partial charge in [-0.1, -0.05) is 0 Å². The van der Waals surface area contributed by atoms with E-state index in [0.29, 0.717) is 11.0 Å². The number of nitrogens with zero attached hydrogens (tertiary/aromatic N) is 6. The minimum atomic E-state index is 0.118. The number of aromatic amines is 1. The molecule has 0 aliphatic rings. The van der Waals surface area contributed by atoms with E-state index >= 15 is 0 Å². The third kappa shape index (κ3) is 1.01. The highest BCUT2D eigenvalue weighted by Gasteiger charge is 2.07. The average molecular weight is 176 g/mol. The molecular formula is C5H4N8. The average Bonchev–Trinajstić information content (AvgIpc) is 2.59. The Kier molecular flexibility index (Phi) is 1.47. The Morgan fingerprint density at radius 1 is 1.54 bits per heavy atom. The van der Waals surface area contributed by atoms with E-state index < -0.39 is 0 Å². The Hall–Kier alpha value is -2.34. The summed E-state index contributed by atoms with van der Waals surface area (Å²) in [5.74, 6) is 0.345. The molecule has 2 rings (SSSR count). The van der Waals surface area contributed by atoms with Gasteiger partial charge in [0.15, 0.2) is 11.6 Å². The topological polar surface area (TPSA) is 129 Å². The number of fused-ring (bicyclic) bond motifs is 1. The van der Waals surface area contributed by atoms with Gasteiger partial charge in [0, 0.05) is 4.91 Å². The van der Waals surface area contributed by atoms with Crippen LogP contribution in [0.4, 0.5) is 11.6 Å². The summed E-state index contributed by atoms with van der Waals surface area (Å²) in [5.41, 5.74) is 14.6. The smallest absolute Gasteiger partial charge is 0.177 e. The molecule has 0 saturated heterocycles. The molecule has 0 aliphatic heterocycles. The summed E-state index contributed by atoms with van der Waals surface area (Å²) in [4.78, 5) is 9.25. The van der Waals surface area contributed by atoms with Crippen LogP contribution < -0.4 is 5.73 Å². The van der Waals surface area contributed by atoms with E-state index in [0.717, 1.165) is 0 Å². The van der Waals surface area contributed by atoms with Crippen molar-refractivity contribution in [1.82, 2.24) is 20.2 Å². The van der Waals surface area contributed by atoms with E-state index in [1.165, 1.54) is 6.33 Å². The van der Waals surface area contributed by atoms with Crippen LogP contribution in [0.5, 0.6) is 0 Å². The number of hydrogen-bond acceptors (Lipinski definition) is 5. The summed E-state index contributed by atoms with van der Waals surface area (Å²) in [6.07, 6.45) is 1.43. The van der Waals surface area contributed by atoms with Gasteiger partial charge >= 0.3 is 0 Å². The van der Waals surface area contributed by atoms with Crippen molar-refractivity contribution in [3.63, 3.8) is 0 Å². The molecule has 64 valence electrons. The summed E-state index contributed by atoms with van der Waals surface area (Å²) in [6, 6.07) is 0. The fourth-order valence-electron chi connectivity index (χ4n) is 0.967. The summed E-state index contributed by atoms with van der Waals surface area (Å²) >= 11 is 0. The Bertz CT molecular complexity index is 492. The van der Waals surface area contributed by atoms with E-state index in [1.807, 2.05) is 0 Å². The van der Waals surface area contributed by atoms with E-state index in [1.54, 1.807) is 0 Å². The third-order valence-corrected chi connectivity index (χ3v) is 1.50. The Labute approximate surface area is 71.4 Å². The summed E-state index contributed by atoms with van der Waals surface area (Å²) in [7, 11) is 0. The van der Waals surface area contributed by atoms with Crippen LogP contribution in [0.15, 0.2) is 11.4 Å². The lowest BCUT2D eigenvalue weighted by atomic mass is 10.4. The molecule has 2 heterocycles. The first kappa shape index (κ1) is 7.32. The third-order valence-electron chi connectivity index (χ3n) is 1.50. The van der Waals surface area contributed by atoms with Gasteiger partial charge in [0.05, 0.1) is 6.33 Å². The van der Waals surface area contributed by atoms with Gasteiger partial charge < -0.3 is 10.7 Å². The number of anilines is 1. The quantitative estimate of drug-likeness (QED) is 0.379. The Morgan fingerprint density at radius 2 is 2.38 bits per heavy atom. The van der Waals surface area contributed by atoms with Crippen molar-refractivity contribution in [3.8, 4) is 0 Å². The van der Waals surface area contributed by atoms with Gasteiger partial charge in [0.25, 0.3) is 0 Å². The van der Waals surface area contributed by atoms with Crippen LogP contribution in [0.1, 0.15) is 0 Å². The zero-order chi connectivity index (χ0) is 9.26. The lowest BCUT2D eigenvalue weighted by molar-refractivity contribution is 1.04. The molecule has 0 unspecified atom stereocenters. The molecule has 0 aromatic carbocycles. The standard InChI is InChI=1S/C5H4N8/c6-4-2-3(9-1-8-2)5(11-10-4)12-13-7/h1H,(H2,6,10)(H,8,9). The van der Waals surface area contributed by atoms with Crippen LogP contribution in [0.2, 0.25) is 0 Å². The summed E-state index contributed by atoms with van der Waals surface area (Å²) in [6.45, 7) is 0. The molecule has 0 fully saturated rings. The largest absolute Gasteiger partial charge is 0.380 e. The fraction of sp³-hybridized carbons (Fsp3) is 0. The molecule has 0 atom stereocenters. The van der Waals surface area contributed by atoms with E-state index in [-0.39, 0.29) is 11.6 Å². The van der Waals surface area contributed by atoms with Gasteiger partial charge in [0.1, 0.15) is 11.0 Å². The number of rotatable bonds is 1. The van der Waals surface area contributed by atoms with Crippen molar-refractivity contribution < 1.29 is 0 Å². The van der Waals surface area contributed by atoms with Gasteiger partial charge in [0.2, 0.25) is 0 Å². The zero-order valence-corrected chi connectivity index (χ0v) is 6.34. The van der Waals surface area contributed by atoms with Gasteiger partial charge in [-0.3, -0.25) is 0 Å². The molecule has 13 heavy (non-hydrogen) atoms. The number of aromatic nitrogens is 4. The Morgan fingerprint density at radius 3 is 3.15 bits per heavy atom. The number of imidazole rings is 1. The highest BCUT2D eigenvalue weighted by atomic mass is 15.3. The van der Waals surface area contributed by atoms with Crippen molar-refractivity contribution in [1.29, 1.82) is 0 Å². The normalized spacial score (nSPS) is 9.85. The molecule has 0 radical (unpaired) electrons. The number of nitrogen functional groups attached to an aromatic ring is 1. The zero-order valence-electron chi connectivity index (χ0n) is 6.34. The van der Waals surface area contributed by atoms with Crippen molar-refractivity contribution in [2.24, 2.45) is 5.11 Å². The first-order chi connectivity index (χ1) is 6.33.